The Balaban J connectivity index is 1.42. The lowest BCUT2D eigenvalue weighted by Crippen LogP contribution is -2.39. The number of carbonyl (C=O) groups excluding carboxylic acids is 1. The number of carboxylic acid groups (broad SMARTS) is 1. The van der Waals surface area contributed by atoms with E-state index in [9.17, 15) is 14.7 Å². The van der Waals surface area contributed by atoms with Crippen LogP contribution in [0.5, 0.6) is 0 Å². The van der Waals surface area contributed by atoms with Crippen molar-refractivity contribution in [3.05, 3.63) is 95.1 Å². The molecular weight excluding hydrogens is 418 g/mol. The van der Waals surface area contributed by atoms with E-state index >= 15 is 0 Å². The van der Waals surface area contributed by atoms with E-state index in [1.165, 1.54) is 0 Å². The molecule has 1 atom stereocenters. The van der Waals surface area contributed by atoms with Gasteiger partial charge in [0.15, 0.2) is 0 Å². The molecule has 0 saturated carbocycles. The summed E-state index contributed by atoms with van der Waals surface area (Å²) in [6.07, 6.45) is -0.427. The molecule has 3 aromatic rings. The van der Waals surface area contributed by atoms with Crippen LogP contribution in [0.4, 0.5) is 4.79 Å². The maximum Gasteiger partial charge on any atom is 0.407 e. The fraction of sp³-hybridized carbons (Fsp3) is 0.259. The highest BCUT2D eigenvalue weighted by Crippen LogP contribution is 2.44. The van der Waals surface area contributed by atoms with Crippen LogP contribution < -0.4 is 5.32 Å². The van der Waals surface area contributed by atoms with Gasteiger partial charge in [0.05, 0.1) is 13.0 Å². The third-order valence-electron chi connectivity index (χ3n) is 5.87. The smallest absolute Gasteiger partial charge is 0.407 e. The average Bonchev–Trinajstić information content (AvgIpc) is 3.11. The van der Waals surface area contributed by atoms with E-state index in [0.29, 0.717) is 13.0 Å². The molecule has 4 rings (SSSR count). The number of fused-ring (bicyclic) bond motifs is 3. The van der Waals surface area contributed by atoms with Gasteiger partial charge >= 0.3 is 12.1 Å². The summed E-state index contributed by atoms with van der Waals surface area (Å²) in [5, 5.41) is 12.1. The van der Waals surface area contributed by atoms with Crippen molar-refractivity contribution < 1.29 is 24.2 Å². The summed E-state index contributed by atoms with van der Waals surface area (Å²) in [5.41, 5.74) is 6.48. The number of nitrogens with one attached hydrogen (secondary N) is 1. The highest BCUT2D eigenvalue weighted by molar-refractivity contribution is 5.79. The molecule has 2 N–H and O–H groups in total. The van der Waals surface area contributed by atoms with E-state index in [1.54, 1.807) is 7.11 Å². The summed E-state index contributed by atoms with van der Waals surface area (Å²) < 4.78 is 10.8. The Morgan fingerprint density at radius 1 is 0.939 bits per heavy atom. The van der Waals surface area contributed by atoms with Crippen molar-refractivity contribution in [2.45, 2.75) is 31.4 Å². The first-order valence-electron chi connectivity index (χ1n) is 10.9. The Labute approximate surface area is 193 Å². The van der Waals surface area contributed by atoms with Crippen LogP contribution in [0.3, 0.4) is 0 Å². The van der Waals surface area contributed by atoms with Crippen LogP contribution in [0.2, 0.25) is 0 Å². The molecule has 1 aliphatic carbocycles. The number of amides is 1. The molecule has 3 aromatic carbocycles. The number of hydrogen-bond acceptors (Lipinski definition) is 4. The normalized spacial score (nSPS) is 13.1. The molecule has 0 unspecified atom stereocenters. The lowest BCUT2D eigenvalue weighted by molar-refractivity contribution is -0.137. The monoisotopic (exact) mass is 445 g/mol. The number of ether oxygens (including phenoxy) is 2. The van der Waals surface area contributed by atoms with E-state index < -0.39 is 18.1 Å². The van der Waals surface area contributed by atoms with Crippen LogP contribution in [0.1, 0.15) is 34.6 Å². The zero-order chi connectivity index (χ0) is 23.2. The van der Waals surface area contributed by atoms with Crippen molar-refractivity contribution in [3.63, 3.8) is 0 Å². The average molecular weight is 446 g/mol. The summed E-state index contributed by atoms with van der Waals surface area (Å²) in [6, 6.07) is 23.4. The van der Waals surface area contributed by atoms with Crippen molar-refractivity contribution in [1.82, 2.24) is 5.32 Å². The second kappa shape index (κ2) is 10.3. The van der Waals surface area contributed by atoms with E-state index in [2.05, 4.69) is 29.6 Å². The predicted octanol–water partition coefficient (Wildman–Crippen LogP) is 4.76. The molecule has 0 bridgehead atoms. The van der Waals surface area contributed by atoms with E-state index in [-0.39, 0.29) is 18.9 Å². The maximum absolute atomic E-state index is 12.6. The fourth-order valence-corrected chi connectivity index (χ4v) is 4.49. The van der Waals surface area contributed by atoms with Crippen LogP contribution in [-0.2, 0) is 27.3 Å². The molecular formula is C27H27NO5. The van der Waals surface area contributed by atoms with Gasteiger partial charge in [0.2, 0.25) is 0 Å². The molecule has 0 heterocycles. The van der Waals surface area contributed by atoms with E-state index in [1.807, 2.05) is 48.5 Å². The Kier molecular flexibility index (Phi) is 7.05. The van der Waals surface area contributed by atoms with Crippen molar-refractivity contribution in [2.75, 3.05) is 13.7 Å². The maximum atomic E-state index is 12.6. The lowest BCUT2D eigenvalue weighted by atomic mass is 9.98. The third-order valence-corrected chi connectivity index (χ3v) is 5.87. The molecule has 0 fully saturated rings. The molecule has 0 saturated heterocycles. The summed E-state index contributed by atoms with van der Waals surface area (Å²) in [5.74, 6) is -1.03. The number of carbonyl (C=O) groups is 2. The number of hydrogen-bond donors (Lipinski definition) is 2. The molecule has 6 nitrogen and oxygen atoms in total. The Bertz CT molecular complexity index is 1100. The minimum atomic E-state index is -0.980. The van der Waals surface area contributed by atoms with Gasteiger partial charge in [-0.1, -0.05) is 72.8 Å². The van der Waals surface area contributed by atoms with Crippen LogP contribution in [0.25, 0.3) is 11.1 Å². The number of aliphatic carboxylic acids is 1. The van der Waals surface area contributed by atoms with Gasteiger partial charge in [-0.15, -0.1) is 0 Å². The van der Waals surface area contributed by atoms with Gasteiger partial charge in [0, 0.05) is 19.1 Å². The van der Waals surface area contributed by atoms with Crippen LogP contribution >= 0.6 is 0 Å². The van der Waals surface area contributed by atoms with Crippen LogP contribution in [-0.4, -0.2) is 36.9 Å². The lowest BCUT2D eigenvalue weighted by Gasteiger charge is -2.19. The second-order valence-corrected chi connectivity index (χ2v) is 8.22. The molecule has 1 aliphatic rings. The van der Waals surface area contributed by atoms with Crippen LogP contribution in [0, 0.1) is 0 Å². The molecule has 170 valence electrons. The molecule has 0 radical (unpaired) electrons. The largest absolute Gasteiger partial charge is 0.481 e. The molecule has 0 aliphatic heterocycles. The molecule has 33 heavy (non-hydrogen) atoms. The van der Waals surface area contributed by atoms with Crippen molar-refractivity contribution in [2.24, 2.45) is 0 Å². The summed E-state index contributed by atoms with van der Waals surface area (Å²) >= 11 is 0. The SMILES string of the molecule is COCc1cccc(C[C@@H](CC(=O)O)NC(=O)OCC2c3ccccc3-c3ccccc32)c1. The number of carboxylic acids is 1. The highest BCUT2D eigenvalue weighted by Gasteiger charge is 2.29. The van der Waals surface area contributed by atoms with Gasteiger partial charge in [0.1, 0.15) is 6.61 Å². The Morgan fingerprint density at radius 2 is 1.58 bits per heavy atom. The van der Waals surface area contributed by atoms with Crippen molar-refractivity contribution in [3.8, 4) is 11.1 Å². The predicted molar refractivity (Wildman–Crippen MR) is 125 cm³/mol. The first-order chi connectivity index (χ1) is 16.0. The summed E-state index contributed by atoms with van der Waals surface area (Å²) in [6.45, 7) is 0.653. The standard InChI is InChI=1S/C27H27NO5/c1-32-16-19-8-6-7-18(13-19)14-20(15-26(29)30)28-27(31)33-17-25-23-11-4-2-9-21(23)22-10-3-5-12-24(22)25/h2-13,20,25H,14-17H2,1H3,(H,28,31)(H,29,30)/t20-/m0/s1. The minimum Gasteiger partial charge on any atom is -0.481 e. The first-order valence-corrected chi connectivity index (χ1v) is 10.9. The van der Waals surface area contributed by atoms with E-state index in [0.717, 1.165) is 33.4 Å². The minimum absolute atomic E-state index is 0.0493. The summed E-state index contributed by atoms with van der Waals surface area (Å²) in [7, 11) is 1.62. The quantitative estimate of drug-likeness (QED) is 0.496. The summed E-state index contributed by atoms with van der Waals surface area (Å²) in [4.78, 5) is 24.0. The van der Waals surface area contributed by atoms with Gasteiger partial charge in [-0.05, 0) is 39.8 Å². The second-order valence-electron chi connectivity index (χ2n) is 8.22. The fourth-order valence-electron chi connectivity index (χ4n) is 4.49. The topological polar surface area (TPSA) is 84.9 Å². The van der Waals surface area contributed by atoms with Gasteiger partial charge < -0.3 is 19.9 Å². The Hall–Kier alpha value is -3.64. The highest BCUT2D eigenvalue weighted by atomic mass is 16.5. The Morgan fingerprint density at radius 3 is 2.21 bits per heavy atom. The van der Waals surface area contributed by atoms with Gasteiger partial charge in [-0.2, -0.15) is 0 Å². The zero-order valence-corrected chi connectivity index (χ0v) is 18.5. The molecule has 1 amide bonds. The molecule has 0 aromatic heterocycles. The van der Waals surface area contributed by atoms with Gasteiger partial charge in [0.25, 0.3) is 0 Å². The number of alkyl carbamates (subject to hydrolysis) is 1. The van der Waals surface area contributed by atoms with E-state index in [4.69, 9.17) is 9.47 Å². The number of rotatable bonds is 9. The number of methoxy groups -OCH3 is 1. The first kappa shape index (κ1) is 22.6. The number of benzene rings is 3. The van der Waals surface area contributed by atoms with Crippen molar-refractivity contribution in [1.29, 1.82) is 0 Å². The molecule has 6 heteroatoms. The van der Waals surface area contributed by atoms with Gasteiger partial charge in [-0.3, -0.25) is 4.79 Å². The van der Waals surface area contributed by atoms with Crippen LogP contribution in [0.15, 0.2) is 72.8 Å². The zero-order valence-electron chi connectivity index (χ0n) is 18.5. The van der Waals surface area contributed by atoms with Gasteiger partial charge in [-0.25, -0.2) is 4.79 Å². The third kappa shape index (κ3) is 5.41. The van der Waals surface area contributed by atoms with Crippen molar-refractivity contribution >= 4 is 12.1 Å². The molecule has 0 spiro atoms.